The smallest absolute Gasteiger partial charge is 0.119 e. The number of rotatable bonds is 8. The summed E-state index contributed by atoms with van der Waals surface area (Å²) in [6.07, 6.45) is 3.87. The summed E-state index contributed by atoms with van der Waals surface area (Å²) in [6.45, 7) is 3.11. The monoisotopic (exact) mass is 369 g/mol. The van der Waals surface area contributed by atoms with Crippen molar-refractivity contribution in [1.82, 2.24) is 10.3 Å². The predicted molar refractivity (Wildman–Crippen MR) is 110 cm³/mol. The van der Waals surface area contributed by atoms with Gasteiger partial charge in [0.15, 0.2) is 0 Å². The Morgan fingerprint density at radius 3 is 2.77 bits per heavy atom. The molecule has 1 aromatic heterocycles. The summed E-state index contributed by atoms with van der Waals surface area (Å²) in [5.41, 5.74) is 2.95. The van der Waals surface area contributed by atoms with Gasteiger partial charge in [-0.05, 0) is 74.7 Å². The summed E-state index contributed by atoms with van der Waals surface area (Å²) >= 11 is 6.17. The highest BCUT2D eigenvalue weighted by atomic mass is 35.5. The number of benzene rings is 2. The molecule has 1 aliphatic carbocycles. The van der Waals surface area contributed by atoms with Crippen LogP contribution in [0.15, 0.2) is 36.4 Å². The number of ether oxygens (including phenoxy) is 1. The first-order valence-corrected chi connectivity index (χ1v) is 9.64. The van der Waals surface area contributed by atoms with E-state index in [9.17, 15) is 0 Å². The molecule has 4 rings (SSSR count). The van der Waals surface area contributed by atoms with Gasteiger partial charge < -0.3 is 15.4 Å². The third-order valence-electron chi connectivity index (χ3n) is 4.91. The fourth-order valence-corrected chi connectivity index (χ4v) is 3.44. The second-order valence-corrected chi connectivity index (χ2v) is 7.40. The minimum absolute atomic E-state index is 0.702. The molecule has 26 heavy (non-hydrogen) atoms. The molecule has 2 aromatic carbocycles. The molecule has 0 bridgehead atoms. The van der Waals surface area contributed by atoms with Crippen LogP contribution < -0.4 is 15.4 Å². The Hall–Kier alpha value is -2.04. The van der Waals surface area contributed by atoms with Gasteiger partial charge in [0.05, 0.1) is 23.8 Å². The summed E-state index contributed by atoms with van der Waals surface area (Å²) < 4.78 is 5.41. The van der Waals surface area contributed by atoms with Crippen molar-refractivity contribution >= 4 is 39.1 Å². The lowest BCUT2D eigenvalue weighted by molar-refractivity contribution is 0.415. The number of nitrogens with one attached hydrogen (secondary N) is 2. The second kappa shape index (κ2) is 7.68. The molecule has 0 amide bonds. The molecule has 1 fully saturated rings. The molecule has 0 spiro atoms. The SMILES string of the molecule is COc1ccc2nc3cc(Cl)ccc3c(NCCCNCC3CC3)c2c1. The van der Waals surface area contributed by atoms with Crippen molar-refractivity contribution in [2.24, 2.45) is 5.92 Å². The van der Waals surface area contributed by atoms with Gasteiger partial charge in [0.1, 0.15) is 5.75 Å². The molecule has 0 aliphatic heterocycles. The zero-order valence-corrected chi connectivity index (χ0v) is 15.8. The Labute approximate surface area is 158 Å². The van der Waals surface area contributed by atoms with Gasteiger partial charge in [-0.3, -0.25) is 0 Å². The largest absolute Gasteiger partial charge is 0.497 e. The van der Waals surface area contributed by atoms with Gasteiger partial charge in [0.25, 0.3) is 0 Å². The summed E-state index contributed by atoms with van der Waals surface area (Å²) in [5.74, 6) is 1.76. The highest BCUT2D eigenvalue weighted by Crippen LogP contribution is 2.34. The number of aromatic nitrogens is 1. The van der Waals surface area contributed by atoms with E-state index in [1.165, 1.54) is 12.8 Å². The Morgan fingerprint density at radius 2 is 1.96 bits per heavy atom. The third-order valence-corrected chi connectivity index (χ3v) is 5.14. The van der Waals surface area contributed by atoms with E-state index in [1.54, 1.807) is 7.11 Å². The fraction of sp³-hybridized carbons (Fsp3) is 0.381. The van der Waals surface area contributed by atoms with Crippen LogP contribution in [0, 0.1) is 5.92 Å². The molecule has 0 unspecified atom stereocenters. The standard InChI is InChI=1S/C21H24ClN3O/c1-26-16-6-8-19-18(12-16)21(17-7-5-15(22)11-20(17)25-19)24-10-2-9-23-13-14-3-4-14/h5-8,11-12,14,23H,2-4,9-10,13H2,1H3,(H,24,25). The van der Waals surface area contributed by atoms with E-state index in [-0.39, 0.29) is 0 Å². The van der Waals surface area contributed by atoms with Gasteiger partial charge in [-0.15, -0.1) is 0 Å². The van der Waals surface area contributed by atoms with E-state index in [4.69, 9.17) is 21.3 Å². The first kappa shape index (κ1) is 17.4. The van der Waals surface area contributed by atoms with Crippen molar-refractivity contribution in [3.8, 4) is 5.75 Å². The van der Waals surface area contributed by atoms with Crippen LogP contribution in [0.3, 0.4) is 0 Å². The lowest BCUT2D eigenvalue weighted by Gasteiger charge is -2.14. The van der Waals surface area contributed by atoms with Gasteiger partial charge in [-0.25, -0.2) is 4.98 Å². The predicted octanol–water partition coefficient (Wildman–Crippen LogP) is 4.85. The first-order chi connectivity index (χ1) is 12.7. The number of hydrogen-bond acceptors (Lipinski definition) is 4. The van der Waals surface area contributed by atoms with Crippen LogP contribution in [0.4, 0.5) is 5.69 Å². The van der Waals surface area contributed by atoms with Crippen LogP contribution in [-0.4, -0.2) is 31.7 Å². The van der Waals surface area contributed by atoms with E-state index >= 15 is 0 Å². The van der Waals surface area contributed by atoms with Crippen LogP contribution in [0.25, 0.3) is 21.8 Å². The molecule has 136 valence electrons. The van der Waals surface area contributed by atoms with E-state index in [0.29, 0.717) is 5.02 Å². The quantitative estimate of drug-likeness (QED) is 0.440. The molecule has 3 aromatic rings. The molecular weight excluding hydrogens is 346 g/mol. The summed E-state index contributed by atoms with van der Waals surface area (Å²) in [7, 11) is 1.69. The van der Waals surface area contributed by atoms with Crippen molar-refractivity contribution in [3.63, 3.8) is 0 Å². The molecule has 4 nitrogen and oxygen atoms in total. The first-order valence-electron chi connectivity index (χ1n) is 9.26. The van der Waals surface area contributed by atoms with Crippen LogP contribution >= 0.6 is 11.6 Å². The normalized spacial score (nSPS) is 14.1. The Kier molecular flexibility index (Phi) is 5.14. The minimum atomic E-state index is 0.702. The molecule has 1 heterocycles. The van der Waals surface area contributed by atoms with Crippen molar-refractivity contribution in [2.45, 2.75) is 19.3 Å². The molecule has 2 N–H and O–H groups in total. The maximum absolute atomic E-state index is 6.17. The van der Waals surface area contributed by atoms with E-state index in [0.717, 1.165) is 65.2 Å². The lowest BCUT2D eigenvalue weighted by atomic mass is 10.1. The Bertz CT molecular complexity index is 924. The fourth-order valence-electron chi connectivity index (χ4n) is 3.27. The number of methoxy groups -OCH3 is 1. The number of pyridine rings is 1. The third kappa shape index (κ3) is 3.87. The summed E-state index contributed by atoms with van der Waals surface area (Å²) in [4.78, 5) is 4.77. The van der Waals surface area contributed by atoms with Gasteiger partial charge in [-0.1, -0.05) is 11.6 Å². The van der Waals surface area contributed by atoms with E-state index in [2.05, 4.69) is 10.6 Å². The van der Waals surface area contributed by atoms with Gasteiger partial charge in [0.2, 0.25) is 0 Å². The topological polar surface area (TPSA) is 46.2 Å². The van der Waals surface area contributed by atoms with E-state index in [1.807, 2.05) is 36.4 Å². The second-order valence-electron chi connectivity index (χ2n) is 6.96. The van der Waals surface area contributed by atoms with Crippen molar-refractivity contribution in [3.05, 3.63) is 41.4 Å². The van der Waals surface area contributed by atoms with Crippen LogP contribution in [-0.2, 0) is 0 Å². The van der Waals surface area contributed by atoms with Crippen LogP contribution in [0.1, 0.15) is 19.3 Å². The average Bonchev–Trinajstić information content (AvgIpc) is 3.47. The number of nitrogens with zero attached hydrogens (tertiary/aromatic N) is 1. The molecule has 5 heteroatoms. The maximum atomic E-state index is 6.17. The highest BCUT2D eigenvalue weighted by Gasteiger charge is 2.19. The van der Waals surface area contributed by atoms with Gasteiger partial charge in [0, 0.05) is 22.3 Å². The van der Waals surface area contributed by atoms with Crippen molar-refractivity contribution in [1.29, 1.82) is 0 Å². The number of anilines is 1. The number of hydrogen-bond donors (Lipinski definition) is 2. The maximum Gasteiger partial charge on any atom is 0.119 e. The van der Waals surface area contributed by atoms with Crippen LogP contribution in [0.2, 0.25) is 5.02 Å². The van der Waals surface area contributed by atoms with E-state index < -0.39 is 0 Å². The van der Waals surface area contributed by atoms with Crippen molar-refractivity contribution < 1.29 is 4.74 Å². The lowest BCUT2D eigenvalue weighted by Crippen LogP contribution is -2.20. The summed E-state index contributed by atoms with van der Waals surface area (Å²) in [6, 6.07) is 11.9. The zero-order valence-electron chi connectivity index (χ0n) is 15.0. The zero-order chi connectivity index (χ0) is 17.9. The molecule has 0 radical (unpaired) electrons. The average molecular weight is 370 g/mol. The molecular formula is C21H24ClN3O. The van der Waals surface area contributed by atoms with Crippen LogP contribution in [0.5, 0.6) is 5.75 Å². The molecule has 1 aliphatic rings. The number of halogens is 1. The molecule has 0 saturated heterocycles. The van der Waals surface area contributed by atoms with Gasteiger partial charge in [-0.2, -0.15) is 0 Å². The molecule has 1 saturated carbocycles. The van der Waals surface area contributed by atoms with Crippen molar-refractivity contribution in [2.75, 3.05) is 32.1 Å². The number of fused-ring (bicyclic) bond motifs is 2. The Balaban J connectivity index is 1.59. The highest BCUT2D eigenvalue weighted by molar-refractivity contribution is 6.31. The Morgan fingerprint density at radius 1 is 1.08 bits per heavy atom. The minimum Gasteiger partial charge on any atom is -0.497 e. The summed E-state index contributed by atoms with van der Waals surface area (Å²) in [5, 5.41) is 10.0. The van der Waals surface area contributed by atoms with Gasteiger partial charge >= 0.3 is 0 Å². The molecule has 0 atom stereocenters.